The highest BCUT2D eigenvalue weighted by atomic mass is 35.5. The van der Waals surface area contributed by atoms with Gasteiger partial charge >= 0.3 is 0 Å². The zero-order chi connectivity index (χ0) is 25.5. The summed E-state index contributed by atoms with van der Waals surface area (Å²) >= 11 is 6.02. The summed E-state index contributed by atoms with van der Waals surface area (Å²) in [6, 6.07) is 23.5. The van der Waals surface area contributed by atoms with Crippen LogP contribution >= 0.6 is 11.6 Å². The van der Waals surface area contributed by atoms with Gasteiger partial charge in [0.2, 0.25) is 0 Å². The molecule has 0 saturated heterocycles. The van der Waals surface area contributed by atoms with Gasteiger partial charge in [-0.15, -0.1) is 0 Å². The van der Waals surface area contributed by atoms with Gasteiger partial charge in [0.05, 0.1) is 28.9 Å². The van der Waals surface area contributed by atoms with E-state index in [1.165, 1.54) is 10.5 Å². The van der Waals surface area contributed by atoms with E-state index in [0.717, 1.165) is 11.1 Å². The predicted octanol–water partition coefficient (Wildman–Crippen LogP) is 5.20. The van der Waals surface area contributed by atoms with Gasteiger partial charge in [0, 0.05) is 17.4 Å². The van der Waals surface area contributed by atoms with Gasteiger partial charge in [-0.3, -0.25) is 14.1 Å². The average molecular weight is 519 g/mol. The highest BCUT2D eigenvalue weighted by molar-refractivity contribution is 7.92. The third-order valence-corrected chi connectivity index (χ3v) is 7.38. The molecule has 7 nitrogen and oxygen atoms in total. The maximum absolute atomic E-state index is 13.8. The van der Waals surface area contributed by atoms with Gasteiger partial charge in [-0.05, 0) is 66.6 Å². The van der Waals surface area contributed by atoms with Crippen LogP contribution in [0.25, 0.3) is 0 Å². The fourth-order valence-electron chi connectivity index (χ4n) is 3.45. The maximum Gasteiger partial charge on any atom is 0.273 e. The van der Waals surface area contributed by atoms with Crippen molar-refractivity contribution in [2.75, 3.05) is 4.31 Å². The van der Waals surface area contributed by atoms with Gasteiger partial charge < -0.3 is 0 Å². The Morgan fingerprint density at radius 2 is 1.64 bits per heavy atom. The number of benzene rings is 3. The third kappa shape index (κ3) is 5.97. The molecule has 1 heterocycles. The minimum Gasteiger partial charge on any atom is -0.267 e. The first kappa shape index (κ1) is 25.1. The van der Waals surface area contributed by atoms with Crippen LogP contribution < -0.4 is 9.73 Å². The van der Waals surface area contributed by atoms with Crippen LogP contribution in [0.15, 0.2) is 107 Å². The fourth-order valence-corrected chi connectivity index (χ4v) is 5.05. The summed E-state index contributed by atoms with van der Waals surface area (Å²) in [5, 5.41) is 4.55. The zero-order valence-corrected chi connectivity index (χ0v) is 20.9. The number of nitrogens with zero attached hydrogens (tertiary/aromatic N) is 3. The Labute approximate surface area is 215 Å². The molecule has 0 spiro atoms. The van der Waals surface area contributed by atoms with E-state index in [1.54, 1.807) is 97.3 Å². The Balaban J connectivity index is 1.72. The van der Waals surface area contributed by atoms with E-state index < -0.39 is 15.9 Å². The number of pyridine rings is 1. The number of hydrogen-bond acceptors (Lipinski definition) is 5. The first-order chi connectivity index (χ1) is 17.3. The van der Waals surface area contributed by atoms with Gasteiger partial charge in [0.15, 0.2) is 0 Å². The molecule has 0 atom stereocenters. The van der Waals surface area contributed by atoms with Gasteiger partial charge in [-0.1, -0.05) is 53.6 Å². The van der Waals surface area contributed by atoms with Gasteiger partial charge in [0.25, 0.3) is 15.9 Å². The third-order valence-electron chi connectivity index (χ3n) is 5.35. The number of carbonyl (C=O) groups is 1. The molecule has 3 aromatic carbocycles. The van der Waals surface area contributed by atoms with Crippen LogP contribution in [0.2, 0.25) is 5.02 Å². The van der Waals surface area contributed by atoms with Crippen molar-refractivity contribution in [2.45, 2.75) is 18.4 Å². The molecule has 0 aliphatic carbocycles. The van der Waals surface area contributed by atoms with E-state index in [4.69, 9.17) is 11.6 Å². The Kier molecular flexibility index (Phi) is 7.77. The molecule has 1 N–H and O–H groups in total. The summed E-state index contributed by atoms with van der Waals surface area (Å²) in [7, 11) is -4.02. The fraction of sp³-hybridized carbons (Fsp3) is 0.0741. The summed E-state index contributed by atoms with van der Waals surface area (Å²) < 4.78 is 28.9. The van der Waals surface area contributed by atoms with Crippen molar-refractivity contribution in [1.29, 1.82) is 0 Å². The lowest BCUT2D eigenvalue weighted by Crippen LogP contribution is -2.33. The molecule has 0 bridgehead atoms. The molecule has 1 aromatic heterocycles. The molecule has 0 aliphatic rings. The molecule has 1 amide bonds. The lowest BCUT2D eigenvalue weighted by atomic mass is 10.1. The Hall–Kier alpha value is -4.01. The van der Waals surface area contributed by atoms with Gasteiger partial charge in [-0.2, -0.15) is 5.10 Å². The van der Waals surface area contributed by atoms with Crippen molar-refractivity contribution in [3.05, 3.63) is 125 Å². The summed E-state index contributed by atoms with van der Waals surface area (Å²) in [5.74, 6) is -0.545. The summed E-state index contributed by atoms with van der Waals surface area (Å²) in [5.41, 5.74) is 5.27. The first-order valence-corrected chi connectivity index (χ1v) is 12.8. The molecule has 182 valence electrons. The van der Waals surface area contributed by atoms with E-state index in [-0.39, 0.29) is 22.7 Å². The lowest BCUT2D eigenvalue weighted by molar-refractivity contribution is 0.0956. The first-order valence-electron chi connectivity index (χ1n) is 11.0. The smallest absolute Gasteiger partial charge is 0.267 e. The molecule has 0 fully saturated rings. The minimum atomic E-state index is -4.02. The molecular formula is C27H23ClN4O3S. The van der Waals surface area contributed by atoms with Crippen molar-refractivity contribution in [3.8, 4) is 0 Å². The topological polar surface area (TPSA) is 91.7 Å². The molecule has 9 heteroatoms. The second-order valence-electron chi connectivity index (χ2n) is 7.95. The highest BCUT2D eigenvalue weighted by Crippen LogP contribution is 2.29. The molecule has 4 rings (SSSR count). The Morgan fingerprint density at radius 3 is 2.33 bits per heavy atom. The predicted molar refractivity (Wildman–Crippen MR) is 142 cm³/mol. The number of para-hydroxylation sites is 1. The molecule has 0 saturated carbocycles. The SMILES string of the molecule is Cc1ccc(S(=O)(=O)N(Cc2ccc(Cl)cc2)c2ccccc2C(=O)N/N=C\c2ccncc2)cc1. The van der Waals surface area contributed by atoms with Crippen LogP contribution in [0.5, 0.6) is 0 Å². The maximum atomic E-state index is 13.8. The second-order valence-corrected chi connectivity index (χ2v) is 10.2. The number of aryl methyl sites for hydroxylation is 1. The number of anilines is 1. The lowest BCUT2D eigenvalue weighted by Gasteiger charge is -2.26. The summed E-state index contributed by atoms with van der Waals surface area (Å²) in [6.07, 6.45) is 4.71. The standard InChI is InChI=1S/C27H23ClN4O3S/c1-20-6-12-24(13-7-20)36(34,35)32(19-22-8-10-23(28)11-9-22)26-5-3-2-4-25(26)27(33)31-30-18-21-14-16-29-17-15-21/h2-18H,19H2,1H3,(H,31,33)/b30-18-. The minimum absolute atomic E-state index is 0.00203. The van der Waals surface area contributed by atoms with Crippen molar-refractivity contribution >= 4 is 39.4 Å². The number of halogens is 1. The zero-order valence-electron chi connectivity index (χ0n) is 19.4. The molecular weight excluding hydrogens is 496 g/mol. The van der Waals surface area contributed by atoms with Crippen LogP contribution in [-0.4, -0.2) is 25.5 Å². The van der Waals surface area contributed by atoms with Gasteiger partial charge in [-0.25, -0.2) is 13.8 Å². The number of sulfonamides is 1. The molecule has 36 heavy (non-hydrogen) atoms. The quantitative estimate of drug-likeness (QED) is 0.256. The molecule has 0 aliphatic heterocycles. The number of hydrogen-bond donors (Lipinski definition) is 1. The monoisotopic (exact) mass is 518 g/mol. The number of amides is 1. The normalized spacial score (nSPS) is 11.4. The Morgan fingerprint density at radius 1 is 0.972 bits per heavy atom. The highest BCUT2D eigenvalue weighted by Gasteiger charge is 2.28. The summed E-state index contributed by atoms with van der Waals surface area (Å²) in [6.45, 7) is 1.88. The molecule has 0 radical (unpaired) electrons. The van der Waals surface area contributed by atoms with Crippen molar-refractivity contribution in [3.63, 3.8) is 0 Å². The Bertz CT molecular complexity index is 1470. The van der Waals surface area contributed by atoms with E-state index in [1.807, 2.05) is 6.92 Å². The van der Waals surface area contributed by atoms with Crippen LogP contribution in [0.3, 0.4) is 0 Å². The van der Waals surface area contributed by atoms with E-state index in [2.05, 4.69) is 15.5 Å². The number of rotatable bonds is 8. The second kappa shape index (κ2) is 11.2. The number of carbonyl (C=O) groups excluding carboxylic acids is 1. The van der Waals surface area contributed by atoms with Crippen molar-refractivity contribution < 1.29 is 13.2 Å². The van der Waals surface area contributed by atoms with Crippen molar-refractivity contribution in [1.82, 2.24) is 10.4 Å². The molecule has 4 aromatic rings. The van der Waals surface area contributed by atoms with E-state index in [0.29, 0.717) is 10.6 Å². The van der Waals surface area contributed by atoms with Crippen LogP contribution in [-0.2, 0) is 16.6 Å². The van der Waals surface area contributed by atoms with Gasteiger partial charge in [0.1, 0.15) is 0 Å². The van der Waals surface area contributed by atoms with Crippen LogP contribution in [0, 0.1) is 6.92 Å². The average Bonchev–Trinajstić information content (AvgIpc) is 2.89. The van der Waals surface area contributed by atoms with Crippen LogP contribution in [0.4, 0.5) is 5.69 Å². The number of hydrazone groups is 1. The van der Waals surface area contributed by atoms with Crippen LogP contribution in [0.1, 0.15) is 27.0 Å². The number of aromatic nitrogens is 1. The summed E-state index contributed by atoms with van der Waals surface area (Å²) in [4.78, 5) is 17.1. The largest absolute Gasteiger partial charge is 0.273 e. The molecule has 0 unspecified atom stereocenters. The van der Waals surface area contributed by atoms with E-state index in [9.17, 15) is 13.2 Å². The number of nitrogens with one attached hydrogen (secondary N) is 1. The van der Waals surface area contributed by atoms with Crippen molar-refractivity contribution in [2.24, 2.45) is 5.10 Å². The van der Waals surface area contributed by atoms with E-state index >= 15 is 0 Å².